The zero-order valence-corrected chi connectivity index (χ0v) is 13.4. The minimum atomic E-state index is -1.02. The molecule has 6 nitrogen and oxygen atoms in total. The van der Waals surface area contributed by atoms with Crippen molar-refractivity contribution in [1.82, 2.24) is 9.97 Å². The van der Waals surface area contributed by atoms with Crippen molar-refractivity contribution in [3.8, 4) is 0 Å². The molecule has 3 rings (SSSR count). The van der Waals surface area contributed by atoms with E-state index >= 15 is 0 Å². The summed E-state index contributed by atoms with van der Waals surface area (Å²) in [6.07, 6.45) is 4.62. The maximum Gasteiger partial charge on any atom is 0.341 e. The molecule has 0 spiro atoms. The lowest BCUT2D eigenvalue weighted by Gasteiger charge is -2.35. The number of rotatable bonds is 5. The SMILES string of the molecule is O=C(O)c1cncnc1N1CCC([C@@H](O)Cc2ccccc2)CC1. The lowest BCUT2D eigenvalue weighted by atomic mass is 9.88. The largest absolute Gasteiger partial charge is 0.477 e. The molecule has 2 aromatic rings. The van der Waals surface area contributed by atoms with Crippen molar-refractivity contribution in [2.45, 2.75) is 25.4 Å². The molecular formula is C18H21N3O3. The van der Waals surface area contributed by atoms with Crippen molar-refractivity contribution in [3.05, 3.63) is 54.0 Å². The minimum absolute atomic E-state index is 0.126. The number of carbonyl (C=O) groups is 1. The molecule has 2 heterocycles. The number of hydrogen-bond acceptors (Lipinski definition) is 5. The van der Waals surface area contributed by atoms with E-state index in [1.807, 2.05) is 35.2 Å². The number of nitrogens with zero attached hydrogens (tertiary/aromatic N) is 3. The Hall–Kier alpha value is -2.47. The van der Waals surface area contributed by atoms with E-state index in [4.69, 9.17) is 0 Å². The van der Waals surface area contributed by atoms with E-state index in [1.54, 1.807) is 0 Å². The second kappa shape index (κ2) is 7.40. The van der Waals surface area contributed by atoms with Gasteiger partial charge in [0.25, 0.3) is 0 Å². The van der Waals surface area contributed by atoms with Gasteiger partial charge in [0.1, 0.15) is 17.7 Å². The maximum atomic E-state index is 11.3. The van der Waals surface area contributed by atoms with Crippen molar-refractivity contribution in [3.63, 3.8) is 0 Å². The molecule has 0 aliphatic carbocycles. The molecule has 1 aromatic carbocycles. The molecule has 1 aliphatic heterocycles. The maximum absolute atomic E-state index is 11.3. The van der Waals surface area contributed by atoms with Crippen LogP contribution in [0.1, 0.15) is 28.8 Å². The van der Waals surface area contributed by atoms with Gasteiger partial charge in [0, 0.05) is 19.3 Å². The number of aromatic nitrogens is 2. The van der Waals surface area contributed by atoms with E-state index in [0.717, 1.165) is 18.4 Å². The summed E-state index contributed by atoms with van der Waals surface area (Å²) < 4.78 is 0. The molecule has 0 saturated carbocycles. The van der Waals surface area contributed by atoms with Gasteiger partial charge in [0.15, 0.2) is 0 Å². The van der Waals surface area contributed by atoms with Crippen molar-refractivity contribution in [2.24, 2.45) is 5.92 Å². The molecule has 0 amide bonds. The van der Waals surface area contributed by atoms with Gasteiger partial charge in [0.05, 0.1) is 6.10 Å². The van der Waals surface area contributed by atoms with Crippen LogP contribution in [0.2, 0.25) is 0 Å². The Labute approximate surface area is 140 Å². The van der Waals surface area contributed by atoms with Gasteiger partial charge in [-0.25, -0.2) is 14.8 Å². The van der Waals surface area contributed by atoms with Gasteiger partial charge >= 0.3 is 5.97 Å². The summed E-state index contributed by atoms with van der Waals surface area (Å²) in [5, 5.41) is 19.7. The molecule has 6 heteroatoms. The molecule has 1 saturated heterocycles. The Morgan fingerprint density at radius 1 is 1.25 bits per heavy atom. The Morgan fingerprint density at radius 3 is 2.62 bits per heavy atom. The summed E-state index contributed by atoms with van der Waals surface area (Å²) in [6, 6.07) is 9.98. The van der Waals surface area contributed by atoms with Gasteiger partial charge in [-0.15, -0.1) is 0 Å². The van der Waals surface area contributed by atoms with Crippen LogP contribution in [0, 0.1) is 5.92 Å². The fourth-order valence-corrected chi connectivity index (χ4v) is 3.24. The molecule has 2 N–H and O–H groups in total. The summed E-state index contributed by atoms with van der Waals surface area (Å²) in [5.41, 5.74) is 1.26. The van der Waals surface area contributed by atoms with Gasteiger partial charge in [-0.3, -0.25) is 0 Å². The third-order valence-electron chi connectivity index (χ3n) is 4.59. The second-order valence-electron chi connectivity index (χ2n) is 6.15. The van der Waals surface area contributed by atoms with Crippen LogP contribution in [0.5, 0.6) is 0 Å². The van der Waals surface area contributed by atoms with Crippen LogP contribution in [0.15, 0.2) is 42.9 Å². The van der Waals surface area contributed by atoms with Gasteiger partial charge in [-0.1, -0.05) is 30.3 Å². The topological polar surface area (TPSA) is 86.5 Å². The first kappa shape index (κ1) is 16.4. The molecule has 0 bridgehead atoms. The quantitative estimate of drug-likeness (QED) is 0.873. The Morgan fingerprint density at radius 2 is 1.96 bits per heavy atom. The van der Waals surface area contributed by atoms with Crippen LogP contribution in [-0.4, -0.2) is 45.3 Å². The van der Waals surface area contributed by atoms with Crippen LogP contribution in [0.4, 0.5) is 5.82 Å². The average molecular weight is 327 g/mol. The Balaban J connectivity index is 1.61. The number of anilines is 1. The first-order chi connectivity index (χ1) is 11.6. The van der Waals surface area contributed by atoms with Crippen LogP contribution in [-0.2, 0) is 6.42 Å². The number of aromatic carboxylic acids is 1. The average Bonchev–Trinajstić information content (AvgIpc) is 2.62. The first-order valence-electron chi connectivity index (χ1n) is 8.15. The van der Waals surface area contributed by atoms with Crippen molar-refractivity contribution in [1.29, 1.82) is 0 Å². The lowest BCUT2D eigenvalue weighted by Crippen LogP contribution is -2.39. The third kappa shape index (κ3) is 3.71. The predicted octanol–water partition coefficient (Wildman–Crippen LogP) is 1.99. The van der Waals surface area contributed by atoms with Gasteiger partial charge in [-0.05, 0) is 30.7 Å². The second-order valence-corrected chi connectivity index (χ2v) is 6.15. The highest BCUT2D eigenvalue weighted by atomic mass is 16.4. The zero-order valence-electron chi connectivity index (χ0n) is 13.4. The zero-order chi connectivity index (χ0) is 16.9. The van der Waals surface area contributed by atoms with E-state index in [0.29, 0.717) is 25.3 Å². The minimum Gasteiger partial charge on any atom is -0.477 e. The Bertz CT molecular complexity index is 685. The highest BCUT2D eigenvalue weighted by Gasteiger charge is 2.27. The van der Waals surface area contributed by atoms with E-state index in [9.17, 15) is 15.0 Å². The van der Waals surface area contributed by atoms with Gasteiger partial charge in [-0.2, -0.15) is 0 Å². The van der Waals surface area contributed by atoms with Crippen LogP contribution < -0.4 is 4.90 Å². The normalized spacial score (nSPS) is 16.8. The molecule has 1 aromatic heterocycles. The number of carboxylic acids is 1. The summed E-state index contributed by atoms with van der Waals surface area (Å²) in [4.78, 5) is 21.2. The fraction of sp³-hybridized carbons (Fsp3) is 0.389. The highest BCUT2D eigenvalue weighted by Crippen LogP contribution is 2.27. The molecule has 24 heavy (non-hydrogen) atoms. The monoisotopic (exact) mass is 327 g/mol. The van der Waals surface area contributed by atoms with Gasteiger partial charge < -0.3 is 15.1 Å². The molecule has 1 aliphatic rings. The van der Waals surface area contributed by atoms with E-state index < -0.39 is 5.97 Å². The number of aliphatic hydroxyl groups is 1. The number of hydrogen-bond donors (Lipinski definition) is 2. The van der Waals surface area contributed by atoms with E-state index in [1.165, 1.54) is 12.5 Å². The van der Waals surface area contributed by atoms with Crippen LogP contribution >= 0.6 is 0 Å². The number of piperidine rings is 1. The highest BCUT2D eigenvalue weighted by molar-refractivity contribution is 5.92. The standard InChI is InChI=1S/C18H21N3O3/c22-16(10-13-4-2-1-3-5-13)14-6-8-21(9-7-14)17-15(18(23)24)11-19-12-20-17/h1-5,11-12,14,16,22H,6-10H2,(H,23,24)/t16-/m0/s1. The van der Waals surface area contributed by atoms with Gasteiger partial charge in [0.2, 0.25) is 0 Å². The Kier molecular flexibility index (Phi) is 5.05. The molecule has 126 valence electrons. The van der Waals surface area contributed by atoms with Crippen LogP contribution in [0.25, 0.3) is 0 Å². The summed E-state index contributed by atoms with van der Waals surface area (Å²) >= 11 is 0. The summed E-state index contributed by atoms with van der Waals surface area (Å²) in [6.45, 7) is 1.38. The summed E-state index contributed by atoms with van der Waals surface area (Å²) in [7, 11) is 0. The predicted molar refractivity (Wildman–Crippen MR) is 90.1 cm³/mol. The van der Waals surface area contributed by atoms with E-state index in [-0.39, 0.29) is 17.6 Å². The van der Waals surface area contributed by atoms with Crippen molar-refractivity contribution >= 4 is 11.8 Å². The summed E-state index contributed by atoms with van der Waals surface area (Å²) in [5.74, 6) is -0.332. The molecule has 1 atom stereocenters. The van der Waals surface area contributed by atoms with Crippen molar-refractivity contribution < 1.29 is 15.0 Å². The first-order valence-corrected chi connectivity index (χ1v) is 8.15. The fourth-order valence-electron chi connectivity index (χ4n) is 3.24. The number of aliphatic hydroxyl groups excluding tert-OH is 1. The molecule has 1 fully saturated rings. The number of benzene rings is 1. The van der Waals surface area contributed by atoms with E-state index in [2.05, 4.69) is 9.97 Å². The molecule has 0 unspecified atom stereocenters. The number of carboxylic acid groups (broad SMARTS) is 1. The smallest absolute Gasteiger partial charge is 0.341 e. The van der Waals surface area contributed by atoms with Crippen LogP contribution in [0.3, 0.4) is 0 Å². The lowest BCUT2D eigenvalue weighted by molar-refractivity contribution is 0.0695. The third-order valence-corrected chi connectivity index (χ3v) is 4.59. The van der Waals surface area contributed by atoms with Crippen molar-refractivity contribution in [2.75, 3.05) is 18.0 Å². The molecule has 0 radical (unpaired) electrons. The molecular weight excluding hydrogens is 306 g/mol.